The molecular weight excluding hydrogens is 1080 g/mol. The monoisotopic (exact) mass is 1120 g/mol. The van der Waals surface area contributed by atoms with Gasteiger partial charge in [0.05, 0.1) is 0 Å². The molecule has 8 aromatic rings. The summed E-state index contributed by atoms with van der Waals surface area (Å²) in [5.74, 6) is 2.23. The van der Waals surface area contributed by atoms with E-state index in [0.717, 1.165) is 32.7 Å². The van der Waals surface area contributed by atoms with Crippen LogP contribution in [0.3, 0.4) is 0 Å². The number of pyridine rings is 2. The number of hydrogen-bond acceptors (Lipinski definition) is 4. The largest absolute Gasteiger partial charge is 0.669 e. The van der Waals surface area contributed by atoms with Crippen molar-refractivity contribution in [2.24, 2.45) is 0 Å². The zero-order chi connectivity index (χ0) is 39.7. The summed E-state index contributed by atoms with van der Waals surface area (Å²) in [4.78, 5) is 8.61. The van der Waals surface area contributed by atoms with E-state index in [2.05, 4.69) is 87.9 Å². The molecule has 0 saturated carbocycles. The van der Waals surface area contributed by atoms with Gasteiger partial charge in [-0.15, -0.1) is 0 Å². The second kappa shape index (κ2) is 20.2. The van der Waals surface area contributed by atoms with Crippen LogP contribution in [0.15, 0.2) is 134 Å². The van der Waals surface area contributed by atoms with Crippen molar-refractivity contribution < 1.29 is 51.6 Å². The Bertz CT molecular complexity index is 2390. The minimum Gasteiger partial charge on any atom is -0.669 e. The van der Waals surface area contributed by atoms with Crippen LogP contribution in [-0.4, -0.2) is 19.1 Å². The third kappa shape index (κ3) is 11.7. The zero-order valence-corrected chi connectivity index (χ0v) is 37.5. The minimum atomic E-state index is -0.160. The van der Waals surface area contributed by atoms with Gasteiger partial charge in [-0.25, -0.2) is 34.2 Å². The molecule has 6 nitrogen and oxygen atoms in total. The molecule has 298 valence electrons. The summed E-state index contributed by atoms with van der Waals surface area (Å²) in [5.41, 5.74) is 3.02. The summed E-state index contributed by atoms with van der Waals surface area (Å²) in [6.07, 6.45) is 24.7. The van der Waals surface area contributed by atoms with Gasteiger partial charge in [0.15, 0.2) is 0 Å². The molecule has 0 radical (unpaired) electrons. The van der Waals surface area contributed by atoms with Crippen LogP contribution in [0.4, 0.5) is 0 Å². The van der Waals surface area contributed by atoms with E-state index in [1.54, 1.807) is 21.5 Å². The van der Waals surface area contributed by atoms with E-state index in [0.29, 0.717) is 34.4 Å². The number of hydrogen-bond donors (Lipinski definition) is 0. The van der Waals surface area contributed by atoms with Crippen LogP contribution < -0.4 is 9.47 Å². The van der Waals surface area contributed by atoms with Gasteiger partial charge in [-0.3, -0.25) is 0 Å². The van der Waals surface area contributed by atoms with E-state index in [1.807, 2.05) is 122 Å². The van der Waals surface area contributed by atoms with Crippen molar-refractivity contribution in [3.63, 3.8) is 0 Å². The minimum absolute atomic E-state index is 0. The molecule has 0 amide bonds. The fourth-order valence-corrected chi connectivity index (χ4v) is 5.72. The van der Waals surface area contributed by atoms with Crippen molar-refractivity contribution in [3.8, 4) is 46.5 Å². The summed E-state index contributed by atoms with van der Waals surface area (Å²) >= 11 is 0. The van der Waals surface area contributed by atoms with Crippen molar-refractivity contribution in [1.82, 2.24) is 19.1 Å². The van der Waals surface area contributed by atoms with Crippen molar-refractivity contribution in [1.29, 1.82) is 0 Å². The van der Waals surface area contributed by atoms with E-state index < -0.39 is 0 Å². The van der Waals surface area contributed by atoms with Gasteiger partial charge in [-0.05, 0) is 12.1 Å². The van der Waals surface area contributed by atoms with Gasteiger partial charge < -0.3 is 66.8 Å². The maximum Gasteiger partial charge on any atom is 0.215 e. The number of rotatable bonds is 5. The summed E-state index contributed by atoms with van der Waals surface area (Å²) in [5, 5.41) is 4.58. The third-order valence-corrected chi connectivity index (χ3v) is 8.61. The first-order valence-corrected chi connectivity index (χ1v) is 18.1. The molecule has 0 spiro atoms. The molecule has 0 saturated heterocycles. The normalized spacial score (nSPS) is 10.6. The molecule has 0 bridgehead atoms. The van der Waals surface area contributed by atoms with Crippen LogP contribution in [-0.2, 0) is 53.0 Å². The fraction of sp³-hybridized carbons (Fsp3) is 0.160. The molecule has 0 aliphatic carbocycles. The summed E-state index contributed by atoms with van der Waals surface area (Å²) in [6, 6.07) is 49.1. The summed E-state index contributed by atoms with van der Waals surface area (Å²) in [7, 11) is 0. The molecule has 0 fully saturated rings. The Morgan fingerprint density at radius 2 is 0.845 bits per heavy atom. The number of fused-ring (bicyclic) bond motifs is 2. The van der Waals surface area contributed by atoms with Gasteiger partial charge in [-0.1, -0.05) is 125 Å². The Morgan fingerprint density at radius 1 is 0.517 bits per heavy atom. The molecule has 0 atom stereocenters. The molecule has 0 unspecified atom stereocenters. The first-order valence-electron chi connectivity index (χ1n) is 18.1. The standard InChI is InChI=1S/C30H28N2O2.2C10H6N.2Pt/c1-29(2,3)23-15-13-21(19-25(23)33-27-11-7-9-17-31-27)22-14-16-24(30(4,5)6)26(20-22)34-28-12-8-10-18-32-28;2*1-2-11-7-9-5-3-4-6-10(9)8-11;;/h7-12,15-18H,1-6H3;2*3-8H;;/q-4;2*-1;;. The number of aromatic nitrogens is 4. The van der Waals surface area contributed by atoms with Crippen molar-refractivity contribution in [2.75, 3.05) is 0 Å². The first kappa shape index (κ1) is 45.1. The van der Waals surface area contributed by atoms with Crippen LogP contribution in [0, 0.1) is 49.2 Å². The topological polar surface area (TPSA) is 54.1 Å². The number of benzene rings is 4. The fourth-order valence-electron chi connectivity index (χ4n) is 5.72. The van der Waals surface area contributed by atoms with E-state index >= 15 is 0 Å². The Balaban J connectivity index is 0.000000250. The molecule has 0 aliphatic heterocycles. The van der Waals surface area contributed by atoms with E-state index in [4.69, 9.17) is 22.3 Å². The second-order valence-corrected chi connectivity index (χ2v) is 14.9. The average molecular weight is 1120 g/mol. The summed E-state index contributed by atoms with van der Waals surface area (Å²) in [6.45, 7) is 12.8. The van der Waals surface area contributed by atoms with Crippen molar-refractivity contribution in [3.05, 3.63) is 182 Å². The Hall–Kier alpha value is -5.64. The molecule has 4 heterocycles. The van der Waals surface area contributed by atoms with Crippen molar-refractivity contribution >= 4 is 21.5 Å². The Morgan fingerprint density at radius 3 is 1.12 bits per heavy atom. The molecule has 58 heavy (non-hydrogen) atoms. The zero-order valence-electron chi connectivity index (χ0n) is 32.9. The molecule has 4 aromatic carbocycles. The van der Waals surface area contributed by atoms with E-state index in [9.17, 15) is 0 Å². The first-order chi connectivity index (χ1) is 26.9. The number of ether oxygens (including phenoxy) is 2. The molecule has 0 N–H and O–H groups in total. The maximum atomic E-state index is 6.89. The van der Waals surface area contributed by atoms with E-state index in [-0.39, 0.29) is 53.0 Å². The molecule has 8 rings (SSSR count). The van der Waals surface area contributed by atoms with Gasteiger partial charge in [-0.2, -0.15) is 11.1 Å². The smallest absolute Gasteiger partial charge is 0.215 e. The van der Waals surface area contributed by atoms with Crippen LogP contribution in [0.2, 0.25) is 0 Å². The van der Waals surface area contributed by atoms with Gasteiger partial charge >= 0.3 is 0 Å². The molecular formula is C50H40N4O2Pt2-6. The SMILES string of the molecule is CC(C)(C)c1c[c-]c(-c2[c-]cc(C(C)(C)C)c(Oc3ccccn3)[c-]2)[c-]c1Oc1ccccn1.[C-]#Cn1cc2ccccc2c1.[C-]#Cn1cc2ccccc2c1.[Pt].[Pt]. The molecule has 4 aromatic heterocycles. The molecule has 8 heteroatoms. The van der Waals surface area contributed by atoms with Crippen molar-refractivity contribution in [2.45, 2.75) is 52.4 Å². The predicted molar refractivity (Wildman–Crippen MR) is 222 cm³/mol. The van der Waals surface area contributed by atoms with Crippen LogP contribution in [0.1, 0.15) is 52.7 Å². The van der Waals surface area contributed by atoms with Gasteiger partial charge in [0.1, 0.15) is 0 Å². The number of nitrogens with zero attached hydrogens (tertiary/aromatic N) is 4. The summed E-state index contributed by atoms with van der Waals surface area (Å²) < 4.78 is 15.5. The quantitative estimate of drug-likeness (QED) is 0.127. The van der Waals surface area contributed by atoms with Crippen LogP contribution in [0.5, 0.6) is 23.3 Å². The Kier molecular flexibility index (Phi) is 15.7. The second-order valence-electron chi connectivity index (χ2n) is 14.9. The Labute approximate surface area is 371 Å². The van der Waals surface area contributed by atoms with Gasteiger partial charge in [0.25, 0.3) is 0 Å². The van der Waals surface area contributed by atoms with Gasteiger partial charge in [0.2, 0.25) is 11.8 Å². The predicted octanol–water partition coefficient (Wildman–Crippen LogP) is 11.6. The van der Waals surface area contributed by atoms with Gasteiger partial charge in [0, 0.05) is 113 Å². The maximum absolute atomic E-state index is 6.89. The van der Waals surface area contributed by atoms with E-state index in [1.165, 1.54) is 0 Å². The third-order valence-electron chi connectivity index (χ3n) is 8.61. The van der Waals surface area contributed by atoms with Crippen LogP contribution >= 0.6 is 0 Å². The average Bonchev–Trinajstić information content (AvgIpc) is 3.83. The van der Waals surface area contributed by atoms with Crippen LogP contribution in [0.25, 0.3) is 32.7 Å². The molecule has 0 aliphatic rings.